The largest absolute Gasteiger partial charge is 0.481 e. The van der Waals surface area contributed by atoms with Gasteiger partial charge in [0.2, 0.25) is 5.88 Å². The molecule has 1 aromatic heterocycles. The first kappa shape index (κ1) is 17.1. The topological polar surface area (TPSA) is 34.1 Å². The van der Waals surface area contributed by atoms with Crippen molar-refractivity contribution in [3.63, 3.8) is 0 Å². The molecule has 0 spiro atoms. The van der Waals surface area contributed by atoms with Crippen LogP contribution in [0.1, 0.15) is 54.2 Å². The molecule has 26 heavy (non-hydrogen) atoms. The van der Waals surface area contributed by atoms with Crippen molar-refractivity contribution in [3.05, 3.63) is 46.9 Å². The SMILES string of the molecule is COc1ncc(Nc2ccc(F)c(C(F)(F)F)c2)c2c1C1CCC2CC1. The Labute approximate surface area is 148 Å². The van der Waals surface area contributed by atoms with Crippen molar-refractivity contribution in [2.24, 2.45) is 0 Å². The Morgan fingerprint density at radius 2 is 1.73 bits per heavy atom. The predicted octanol–water partition coefficient (Wildman–Crippen LogP) is 5.75. The molecule has 1 aromatic carbocycles. The number of halogens is 4. The van der Waals surface area contributed by atoms with Crippen molar-refractivity contribution < 1.29 is 22.3 Å². The van der Waals surface area contributed by atoms with Gasteiger partial charge >= 0.3 is 6.18 Å². The number of aromatic nitrogens is 1. The lowest BCUT2D eigenvalue weighted by atomic mass is 9.67. The van der Waals surface area contributed by atoms with Gasteiger partial charge in [-0.2, -0.15) is 13.2 Å². The fourth-order valence-electron chi connectivity index (χ4n) is 4.27. The van der Waals surface area contributed by atoms with Gasteiger partial charge in [0.05, 0.1) is 24.6 Å². The second kappa shape index (κ2) is 6.14. The van der Waals surface area contributed by atoms with E-state index < -0.39 is 17.6 Å². The highest BCUT2D eigenvalue weighted by Crippen LogP contribution is 2.54. The normalized spacial score (nSPS) is 21.4. The first-order valence-electron chi connectivity index (χ1n) is 8.59. The van der Waals surface area contributed by atoms with E-state index in [1.165, 1.54) is 6.07 Å². The van der Waals surface area contributed by atoms with E-state index >= 15 is 0 Å². The Morgan fingerprint density at radius 1 is 1.08 bits per heavy atom. The lowest BCUT2D eigenvalue weighted by Gasteiger charge is -2.39. The van der Waals surface area contributed by atoms with Gasteiger partial charge in [0, 0.05) is 11.3 Å². The molecule has 0 unspecified atom stereocenters. The molecule has 1 heterocycles. The number of ether oxygens (including phenoxy) is 1. The van der Waals surface area contributed by atoms with Crippen molar-refractivity contribution in [1.29, 1.82) is 0 Å². The Hall–Kier alpha value is -2.31. The molecule has 138 valence electrons. The summed E-state index contributed by atoms with van der Waals surface area (Å²) in [7, 11) is 1.58. The van der Waals surface area contributed by atoms with Gasteiger partial charge in [-0.05, 0) is 61.3 Å². The Balaban J connectivity index is 1.76. The van der Waals surface area contributed by atoms with Crippen LogP contribution < -0.4 is 10.1 Å². The number of pyridine rings is 1. The number of nitrogens with one attached hydrogen (secondary N) is 1. The zero-order chi connectivity index (χ0) is 18.5. The van der Waals surface area contributed by atoms with Crippen LogP contribution in [0.5, 0.6) is 5.88 Å². The fraction of sp³-hybridized carbons (Fsp3) is 0.421. The first-order chi connectivity index (χ1) is 12.4. The summed E-state index contributed by atoms with van der Waals surface area (Å²) in [4.78, 5) is 4.33. The molecule has 0 radical (unpaired) electrons. The number of hydrogen-bond acceptors (Lipinski definition) is 3. The highest BCUT2D eigenvalue weighted by atomic mass is 19.4. The second-order valence-electron chi connectivity index (χ2n) is 6.87. The van der Waals surface area contributed by atoms with Crippen molar-refractivity contribution in [2.75, 3.05) is 12.4 Å². The van der Waals surface area contributed by atoms with E-state index in [-0.39, 0.29) is 5.69 Å². The van der Waals surface area contributed by atoms with Crippen LogP contribution in [0, 0.1) is 5.82 Å². The summed E-state index contributed by atoms with van der Waals surface area (Å²) in [6, 6.07) is 2.94. The highest BCUT2D eigenvalue weighted by Gasteiger charge is 2.38. The van der Waals surface area contributed by atoms with Crippen LogP contribution in [0.15, 0.2) is 24.4 Å². The number of hydrogen-bond donors (Lipinski definition) is 1. The minimum Gasteiger partial charge on any atom is -0.481 e. The van der Waals surface area contributed by atoms with Crippen molar-refractivity contribution in [3.8, 4) is 5.88 Å². The Morgan fingerprint density at radius 3 is 2.35 bits per heavy atom. The van der Waals surface area contributed by atoms with Crippen LogP contribution in [-0.4, -0.2) is 12.1 Å². The second-order valence-corrected chi connectivity index (χ2v) is 6.87. The molecule has 1 N–H and O–H groups in total. The summed E-state index contributed by atoms with van der Waals surface area (Å²) >= 11 is 0. The maximum Gasteiger partial charge on any atom is 0.419 e. The first-order valence-corrected chi connectivity index (χ1v) is 8.59. The average Bonchev–Trinajstić information content (AvgIpc) is 2.63. The summed E-state index contributed by atoms with van der Waals surface area (Å²) in [6.07, 6.45) is 1.11. The fourth-order valence-corrected chi connectivity index (χ4v) is 4.27. The van der Waals surface area contributed by atoms with Crippen LogP contribution >= 0.6 is 0 Å². The van der Waals surface area contributed by atoms with E-state index in [1.807, 2.05) is 0 Å². The molecular formula is C19H18F4N2O. The van der Waals surface area contributed by atoms with Gasteiger partial charge in [-0.3, -0.25) is 0 Å². The molecule has 2 bridgehead atoms. The lowest BCUT2D eigenvalue weighted by molar-refractivity contribution is -0.139. The van der Waals surface area contributed by atoms with E-state index in [9.17, 15) is 17.6 Å². The molecule has 3 aliphatic rings. The minimum absolute atomic E-state index is 0.189. The number of nitrogens with zero attached hydrogens (tertiary/aromatic N) is 1. The third-order valence-electron chi connectivity index (χ3n) is 5.41. The van der Waals surface area contributed by atoms with Crippen LogP contribution in [0.25, 0.3) is 0 Å². The molecule has 1 saturated carbocycles. The molecule has 0 saturated heterocycles. The molecule has 3 aliphatic carbocycles. The zero-order valence-corrected chi connectivity index (χ0v) is 14.2. The van der Waals surface area contributed by atoms with Crippen LogP contribution in [0.2, 0.25) is 0 Å². The maximum absolute atomic E-state index is 13.5. The number of rotatable bonds is 3. The van der Waals surface area contributed by atoms with Gasteiger partial charge in [-0.1, -0.05) is 0 Å². The van der Waals surface area contributed by atoms with Gasteiger partial charge in [0.25, 0.3) is 0 Å². The summed E-state index contributed by atoms with van der Waals surface area (Å²) in [6.45, 7) is 0. The summed E-state index contributed by atoms with van der Waals surface area (Å²) in [5.74, 6) is 0.0297. The van der Waals surface area contributed by atoms with Crippen LogP contribution in [0.3, 0.4) is 0 Å². The molecular weight excluding hydrogens is 348 g/mol. The summed E-state index contributed by atoms with van der Waals surface area (Å²) < 4.78 is 57.8. The summed E-state index contributed by atoms with van der Waals surface area (Å²) in [5, 5.41) is 3.02. The lowest BCUT2D eigenvalue weighted by Crippen LogP contribution is -2.24. The van der Waals surface area contributed by atoms with Gasteiger partial charge in [0.1, 0.15) is 5.82 Å². The highest BCUT2D eigenvalue weighted by molar-refractivity contribution is 5.68. The molecule has 0 amide bonds. The molecule has 7 heteroatoms. The quantitative estimate of drug-likeness (QED) is 0.703. The van der Waals surface area contributed by atoms with Crippen LogP contribution in [-0.2, 0) is 6.18 Å². The number of fused-ring (bicyclic) bond motifs is 2. The van der Waals surface area contributed by atoms with E-state index in [2.05, 4.69) is 10.3 Å². The number of alkyl halides is 3. The number of benzene rings is 1. The van der Waals surface area contributed by atoms with E-state index in [0.29, 0.717) is 23.4 Å². The third-order valence-corrected chi connectivity index (χ3v) is 5.41. The molecule has 1 fully saturated rings. The molecule has 0 atom stereocenters. The molecule has 5 rings (SSSR count). The van der Waals surface area contributed by atoms with E-state index in [0.717, 1.165) is 48.9 Å². The van der Waals surface area contributed by atoms with E-state index in [4.69, 9.17) is 4.74 Å². The number of anilines is 2. The van der Waals surface area contributed by atoms with Crippen molar-refractivity contribution in [2.45, 2.75) is 43.7 Å². The smallest absolute Gasteiger partial charge is 0.419 e. The van der Waals surface area contributed by atoms with Gasteiger partial charge in [-0.25, -0.2) is 9.37 Å². The predicted molar refractivity (Wildman–Crippen MR) is 89.4 cm³/mol. The molecule has 2 aromatic rings. The average molecular weight is 366 g/mol. The molecule has 0 aliphatic heterocycles. The third kappa shape index (κ3) is 2.79. The monoisotopic (exact) mass is 366 g/mol. The molecule has 3 nitrogen and oxygen atoms in total. The summed E-state index contributed by atoms with van der Waals surface area (Å²) in [5.41, 5.74) is 1.74. The van der Waals surface area contributed by atoms with Gasteiger partial charge < -0.3 is 10.1 Å². The Kier molecular flexibility index (Phi) is 4.04. The standard InChI is InChI=1S/C19H18F4N2O/c1-26-18-17-11-4-2-10(3-5-11)16(17)15(9-24-18)25-12-6-7-14(20)13(8-12)19(21,22)23/h6-11,25H,2-5H2,1H3. The minimum atomic E-state index is -4.74. The van der Waals surface area contributed by atoms with Crippen molar-refractivity contribution in [1.82, 2.24) is 4.98 Å². The zero-order valence-electron chi connectivity index (χ0n) is 14.2. The van der Waals surface area contributed by atoms with Gasteiger partial charge in [-0.15, -0.1) is 0 Å². The number of methoxy groups -OCH3 is 1. The van der Waals surface area contributed by atoms with E-state index in [1.54, 1.807) is 13.3 Å². The Bertz CT molecular complexity index is 842. The van der Waals surface area contributed by atoms with Crippen LogP contribution in [0.4, 0.5) is 28.9 Å². The van der Waals surface area contributed by atoms with Crippen molar-refractivity contribution >= 4 is 11.4 Å². The maximum atomic E-state index is 13.5. The van der Waals surface area contributed by atoms with Gasteiger partial charge in [0.15, 0.2) is 0 Å².